The van der Waals surface area contributed by atoms with Crippen LogP contribution >= 0.6 is 0 Å². The SMILES string of the molecule is Cc1cc(NC(=O)c2nonc2N)ccc1C(=O)O. The Kier molecular flexibility index (Phi) is 3.15. The third-order valence-corrected chi connectivity index (χ3v) is 2.44. The van der Waals surface area contributed by atoms with E-state index in [0.29, 0.717) is 11.3 Å². The third kappa shape index (κ3) is 2.51. The second-order valence-electron chi connectivity index (χ2n) is 3.79. The molecule has 2 aromatic rings. The molecular weight excluding hydrogens is 252 g/mol. The lowest BCUT2D eigenvalue weighted by Gasteiger charge is -2.06. The van der Waals surface area contributed by atoms with Gasteiger partial charge in [-0.2, -0.15) is 0 Å². The molecule has 0 aliphatic carbocycles. The first-order chi connectivity index (χ1) is 8.99. The van der Waals surface area contributed by atoms with Crippen molar-refractivity contribution >= 4 is 23.4 Å². The Bertz CT molecular complexity index is 650. The van der Waals surface area contributed by atoms with Crippen LogP contribution in [-0.4, -0.2) is 27.3 Å². The molecular formula is C11H10N4O4. The van der Waals surface area contributed by atoms with E-state index in [-0.39, 0.29) is 17.1 Å². The number of carboxylic acids is 1. The van der Waals surface area contributed by atoms with Gasteiger partial charge in [-0.3, -0.25) is 4.79 Å². The predicted molar refractivity (Wildman–Crippen MR) is 64.8 cm³/mol. The summed E-state index contributed by atoms with van der Waals surface area (Å²) in [5, 5.41) is 18.1. The van der Waals surface area contributed by atoms with Gasteiger partial charge in [0.05, 0.1) is 5.56 Å². The number of aromatic nitrogens is 2. The number of amides is 1. The number of hydrogen-bond donors (Lipinski definition) is 3. The molecule has 0 radical (unpaired) electrons. The highest BCUT2D eigenvalue weighted by Gasteiger charge is 2.16. The Morgan fingerprint density at radius 3 is 2.63 bits per heavy atom. The van der Waals surface area contributed by atoms with Crippen molar-refractivity contribution in [1.29, 1.82) is 0 Å². The number of hydrogen-bond acceptors (Lipinski definition) is 6. The van der Waals surface area contributed by atoms with Gasteiger partial charge in [0.2, 0.25) is 11.5 Å². The van der Waals surface area contributed by atoms with E-state index in [2.05, 4.69) is 20.3 Å². The normalized spacial score (nSPS) is 10.2. The van der Waals surface area contributed by atoms with E-state index >= 15 is 0 Å². The summed E-state index contributed by atoms with van der Waals surface area (Å²) < 4.78 is 4.31. The van der Waals surface area contributed by atoms with Crippen molar-refractivity contribution in [3.63, 3.8) is 0 Å². The molecule has 1 aromatic carbocycles. The number of nitrogens with two attached hydrogens (primary N) is 1. The van der Waals surface area contributed by atoms with Gasteiger partial charge in [-0.1, -0.05) is 0 Å². The molecule has 1 aromatic heterocycles. The fourth-order valence-electron chi connectivity index (χ4n) is 1.52. The second-order valence-corrected chi connectivity index (χ2v) is 3.79. The van der Waals surface area contributed by atoms with Crippen molar-refractivity contribution < 1.29 is 19.3 Å². The minimum Gasteiger partial charge on any atom is -0.478 e. The number of nitrogen functional groups attached to an aromatic ring is 1. The van der Waals surface area contributed by atoms with Gasteiger partial charge in [-0.25, -0.2) is 9.42 Å². The molecule has 98 valence electrons. The summed E-state index contributed by atoms with van der Waals surface area (Å²) in [6.07, 6.45) is 0. The number of aromatic carboxylic acids is 1. The molecule has 0 atom stereocenters. The lowest BCUT2D eigenvalue weighted by Crippen LogP contribution is -2.14. The van der Waals surface area contributed by atoms with Gasteiger partial charge in [0, 0.05) is 5.69 Å². The first-order valence-electron chi connectivity index (χ1n) is 5.22. The lowest BCUT2D eigenvalue weighted by molar-refractivity contribution is 0.0696. The molecule has 0 unspecified atom stereocenters. The van der Waals surface area contributed by atoms with Crippen LogP contribution in [0.1, 0.15) is 26.4 Å². The average molecular weight is 262 g/mol. The highest BCUT2D eigenvalue weighted by Crippen LogP contribution is 2.16. The predicted octanol–water partition coefficient (Wildman–Crippen LogP) is 0.911. The minimum atomic E-state index is -1.03. The molecule has 1 heterocycles. The first-order valence-corrected chi connectivity index (χ1v) is 5.22. The first kappa shape index (κ1) is 12.6. The molecule has 0 saturated carbocycles. The number of aryl methyl sites for hydroxylation is 1. The van der Waals surface area contributed by atoms with Crippen molar-refractivity contribution in [3.05, 3.63) is 35.0 Å². The highest BCUT2D eigenvalue weighted by atomic mass is 16.6. The van der Waals surface area contributed by atoms with Crippen molar-refractivity contribution in [2.45, 2.75) is 6.92 Å². The van der Waals surface area contributed by atoms with Gasteiger partial charge in [-0.05, 0) is 41.0 Å². The fourth-order valence-corrected chi connectivity index (χ4v) is 1.52. The van der Waals surface area contributed by atoms with E-state index in [1.165, 1.54) is 18.2 Å². The Morgan fingerprint density at radius 1 is 1.37 bits per heavy atom. The number of nitrogens with one attached hydrogen (secondary N) is 1. The second kappa shape index (κ2) is 4.77. The van der Waals surface area contributed by atoms with Crippen molar-refractivity contribution in [1.82, 2.24) is 10.3 Å². The van der Waals surface area contributed by atoms with Crippen LogP contribution in [0, 0.1) is 6.92 Å². The number of anilines is 2. The molecule has 0 spiro atoms. The quantitative estimate of drug-likeness (QED) is 0.748. The zero-order valence-electron chi connectivity index (χ0n) is 9.88. The van der Waals surface area contributed by atoms with E-state index in [1.54, 1.807) is 6.92 Å². The van der Waals surface area contributed by atoms with Crippen LogP contribution in [0.25, 0.3) is 0 Å². The molecule has 19 heavy (non-hydrogen) atoms. The number of rotatable bonds is 3. The van der Waals surface area contributed by atoms with E-state index in [9.17, 15) is 9.59 Å². The Balaban J connectivity index is 2.21. The van der Waals surface area contributed by atoms with Crippen LogP contribution in [0.5, 0.6) is 0 Å². The fraction of sp³-hybridized carbons (Fsp3) is 0.0909. The molecule has 8 nitrogen and oxygen atoms in total. The Morgan fingerprint density at radius 2 is 2.11 bits per heavy atom. The lowest BCUT2D eigenvalue weighted by atomic mass is 10.1. The van der Waals surface area contributed by atoms with Crippen LogP contribution in [0.15, 0.2) is 22.8 Å². The van der Waals surface area contributed by atoms with E-state index in [0.717, 1.165) is 0 Å². The van der Waals surface area contributed by atoms with Crippen LogP contribution in [0.4, 0.5) is 11.5 Å². The molecule has 8 heteroatoms. The van der Waals surface area contributed by atoms with Gasteiger partial charge in [0.1, 0.15) is 0 Å². The maximum atomic E-state index is 11.8. The smallest absolute Gasteiger partial charge is 0.335 e. The Labute approximate surface area is 107 Å². The standard InChI is InChI=1S/C11H10N4O4/c1-5-4-6(2-3-7(5)11(17)18)13-10(16)8-9(12)15-19-14-8/h2-4H,1H3,(H2,12,15)(H,13,16)(H,17,18). The zero-order chi connectivity index (χ0) is 14.0. The maximum Gasteiger partial charge on any atom is 0.335 e. The van der Waals surface area contributed by atoms with Gasteiger partial charge >= 0.3 is 5.97 Å². The average Bonchev–Trinajstić information content (AvgIpc) is 2.75. The summed E-state index contributed by atoms with van der Waals surface area (Å²) in [6, 6.07) is 4.40. The van der Waals surface area contributed by atoms with E-state index < -0.39 is 11.9 Å². The summed E-state index contributed by atoms with van der Waals surface area (Å²) in [7, 11) is 0. The van der Waals surface area contributed by atoms with Crippen molar-refractivity contribution in [2.24, 2.45) is 0 Å². The molecule has 2 rings (SSSR count). The van der Waals surface area contributed by atoms with Crippen LogP contribution in [-0.2, 0) is 0 Å². The van der Waals surface area contributed by atoms with Crippen molar-refractivity contribution in [2.75, 3.05) is 11.1 Å². The molecule has 0 aliphatic rings. The summed E-state index contributed by atoms with van der Waals surface area (Å²) >= 11 is 0. The van der Waals surface area contributed by atoms with E-state index in [4.69, 9.17) is 10.8 Å². The molecule has 0 bridgehead atoms. The number of carboxylic acid groups (broad SMARTS) is 1. The molecule has 0 aliphatic heterocycles. The van der Waals surface area contributed by atoms with Crippen molar-refractivity contribution in [3.8, 4) is 0 Å². The Hall–Kier alpha value is -2.90. The zero-order valence-corrected chi connectivity index (χ0v) is 9.88. The summed E-state index contributed by atoms with van der Waals surface area (Å²) in [4.78, 5) is 22.6. The monoisotopic (exact) mass is 262 g/mol. The summed E-state index contributed by atoms with van der Waals surface area (Å²) in [6.45, 7) is 1.63. The van der Waals surface area contributed by atoms with Gasteiger partial charge in [0.15, 0.2) is 0 Å². The summed E-state index contributed by atoms with van der Waals surface area (Å²) in [5.41, 5.74) is 6.38. The third-order valence-electron chi connectivity index (χ3n) is 2.44. The summed E-state index contributed by atoms with van der Waals surface area (Å²) in [5.74, 6) is -1.72. The molecule has 0 fully saturated rings. The van der Waals surface area contributed by atoms with Crippen LogP contribution in [0.2, 0.25) is 0 Å². The van der Waals surface area contributed by atoms with E-state index in [1.807, 2.05) is 0 Å². The molecule has 1 amide bonds. The topological polar surface area (TPSA) is 131 Å². The number of carbonyl (C=O) groups is 2. The number of carbonyl (C=O) groups excluding carboxylic acids is 1. The number of benzene rings is 1. The highest BCUT2D eigenvalue weighted by molar-refractivity contribution is 6.05. The van der Waals surface area contributed by atoms with Gasteiger partial charge in [0.25, 0.3) is 5.91 Å². The maximum absolute atomic E-state index is 11.8. The molecule has 0 saturated heterocycles. The van der Waals surface area contributed by atoms with Gasteiger partial charge in [-0.15, -0.1) is 0 Å². The van der Waals surface area contributed by atoms with Crippen LogP contribution in [0.3, 0.4) is 0 Å². The van der Waals surface area contributed by atoms with Gasteiger partial charge < -0.3 is 16.2 Å². The molecule has 4 N–H and O–H groups in total. The number of nitrogens with zero attached hydrogens (tertiary/aromatic N) is 2. The largest absolute Gasteiger partial charge is 0.478 e. The minimum absolute atomic E-state index is 0.114. The van der Waals surface area contributed by atoms with Crippen LogP contribution < -0.4 is 11.1 Å².